The zero-order valence-corrected chi connectivity index (χ0v) is 17.3. The first-order valence-corrected chi connectivity index (χ1v) is 11.2. The molecule has 3 aromatic rings. The third-order valence-electron chi connectivity index (χ3n) is 4.67. The minimum Gasteiger partial charge on any atom is -0.484 e. The molecule has 1 saturated heterocycles. The Hall–Kier alpha value is -3.43. The molecule has 0 spiro atoms. The van der Waals surface area contributed by atoms with Gasteiger partial charge in [-0.1, -0.05) is 54.6 Å². The quantitative estimate of drug-likeness (QED) is 0.283. The van der Waals surface area contributed by atoms with E-state index in [1.54, 1.807) is 66.7 Å². The van der Waals surface area contributed by atoms with Crippen molar-refractivity contribution < 1.29 is 22.8 Å². The van der Waals surface area contributed by atoms with Crippen LogP contribution in [0, 0.1) is 10.1 Å². The van der Waals surface area contributed by atoms with Gasteiger partial charge in [-0.3, -0.25) is 10.1 Å². The predicted molar refractivity (Wildman–Crippen MR) is 116 cm³/mol. The minimum absolute atomic E-state index is 0.00570. The highest BCUT2D eigenvalue weighted by atomic mass is 32.2. The molecule has 31 heavy (non-hydrogen) atoms. The fraction of sp³-hybridized carbons (Fsp3) is 0.182. The van der Waals surface area contributed by atoms with Gasteiger partial charge in [-0.25, -0.2) is 12.7 Å². The van der Waals surface area contributed by atoms with Gasteiger partial charge in [0.1, 0.15) is 18.4 Å². The van der Waals surface area contributed by atoms with E-state index in [1.807, 2.05) is 0 Å². The van der Waals surface area contributed by atoms with Crippen LogP contribution < -0.4 is 9.04 Å². The summed E-state index contributed by atoms with van der Waals surface area (Å²) in [7, 11) is -4.02. The van der Waals surface area contributed by atoms with Crippen molar-refractivity contribution in [3.05, 3.63) is 94.5 Å². The summed E-state index contributed by atoms with van der Waals surface area (Å²) in [5, 5.41) is 12.0. The number of nitro groups is 1. The summed E-state index contributed by atoms with van der Waals surface area (Å²) in [6.45, 7) is 0.696. The number of sulfonamides is 1. The molecule has 3 aromatic carbocycles. The summed E-state index contributed by atoms with van der Waals surface area (Å²) in [6, 6.07) is 21.4. The number of nitro benzene ring substituents is 1. The van der Waals surface area contributed by atoms with Crippen molar-refractivity contribution >= 4 is 27.1 Å². The van der Waals surface area contributed by atoms with E-state index in [9.17, 15) is 18.5 Å². The highest BCUT2D eigenvalue weighted by Crippen LogP contribution is 2.42. The average molecular weight is 440 g/mol. The van der Waals surface area contributed by atoms with Gasteiger partial charge in [0.15, 0.2) is 5.75 Å². The Morgan fingerprint density at radius 2 is 1.65 bits per heavy atom. The van der Waals surface area contributed by atoms with E-state index in [0.717, 1.165) is 4.31 Å². The van der Waals surface area contributed by atoms with Gasteiger partial charge in [-0.2, -0.15) is 0 Å². The molecule has 160 valence electrons. The third kappa shape index (κ3) is 4.84. The van der Waals surface area contributed by atoms with Crippen LogP contribution in [-0.2, 0) is 20.5 Å². The lowest BCUT2D eigenvalue weighted by atomic mass is 10.2. The van der Waals surface area contributed by atoms with Crippen LogP contribution in [-0.4, -0.2) is 32.7 Å². The van der Waals surface area contributed by atoms with Crippen LogP contribution in [0.2, 0.25) is 0 Å². The highest BCUT2D eigenvalue weighted by Gasteiger charge is 2.34. The van der Waals surface area contributed by atoms with Gasteiger partial charge in [0, 0.05) is 0 Å². The Kier molecular flexibility index (Phi) is 5.88. The normalized spacial score (nSPS) is 15.3. The Morgan fingerprint density at radius 1 is 1.00 bits per heavy atom. The molecule has 1 unspecified atom stereocenters. The molecule has 1 aliphatic heterocycles. The Morgan fingerprint density at radius 3 is 2.26 bits per heavy atom. The zero-order chi connectivity index (χ0) is 21.8. The van der Waals surface area contributed by atoms with E-state index in [1.165, 1.54) is 12.1 Å². The number of epoxide rings is 1. The van der Waals surface area contributed by atoms with E-state index in [2.05, 4.69) is 0 Å². The van der Waals surface area contributed by atoms with Crippen molar-refractivity contribution in [2.45, 2.75) is 11.9 Å². The largest absolute Gasteiger partial charge is 0.484 e. The van der Waals surface area contributed by atoms with E-state index in [0.29, 0.717) is 17.9 Å². The molecule has 0 aliphatic carbocycles. The monoisotopic (exact) mass is 440 g/mol. The molecular weight excluding hydrogens is 420 g/mol. The summed E-state index contributed by atoms with van der Waals surface area (Å²) in [4.78, 5) is 11.4. The first-order chi connectivity index (χ1) is 15.0. The van der Waals surface area contributed by atoms with Gasteiger partial charge in [0.05, 0.1) is 23.0 Å². The molecule has 0 saturated carbocycles. The van der Waals surface area contributed by atoms with Gasteiger partial charge < -0.3 is 9.47 Å². The Bertz CT molecular complexity index is 1170. The number of hydrogen-bond donors (Lipinski definition) is 0. The van der Waals surface area contributed by atoms with Crippen LogP contribution in [0.5, 0.6) is 5.75 Å². The lowest BCUT2D eigenvalue weighted by molar-refractivity contribution is -0.385. The van der Waals surface area contributed by atoms with Crippen LogP contribution in [0.25, 0.3) is 0 Å². The van der Waals surface area contributed by atoms with Crippen molar-refractivity contribution in [2.75, 3.05) is 17.5 Å². The van der Waals surface area contributed by atoms with Gasteiger partial charge in [-0.15, -0.1) is 0 Å². The molecule has 8 nitrogen and oxygen atoms in total. The number of anilines is 2. The van der Waals surface area contributed by atoms with Gasteiger partial charge in [-0.05, 0) is 29.8 Å². The summed E-state index contributed by atoms with van der Waals surface area (Å²) in [5.41, 5.74) is 0.374. The van der Waals surface area contributed by atoms with E-state index < -0.39 is 20.6 Å². The first kappa shape index (κ1) is 20.8. The second-order valence-electron chi connectivity index (χ2n) is 6.99. The zero-order valence-electron chi connectivity index (χ0n) is 16.5. The summed E-state index contributed by atoms with van der Waals surface area (Å²) in [6.07, 6.45) is -0.102. The van der Waals surface area contributed by atoms with E-state index >= 15 is 0 Å². The van der Waals surface area contributed by atoms with Gasteiger partial charge in [0.2, 0.25) is 10.0 Å². The average Bonchev–Trinajstić information content (AvgIpc) is 3.58. The molecule has 0 amide bonds. The minimum atomic E-state index is -4.02. The number of para-hydroxylation sites is 2. The molecule has 0 N–H and O–H groups in total. The number of ether oxygens (including phenoxy) is 2. The van der Waals surface area contributed by atoms with Crippen LogP contribution >= 0.6 is 0 Å². The maximum Gasteiger partial charge on any atom is 0.335 e. The second-order valence-corrected chi connectivity index (χ2v) is 8.81. The van der Waals surface area contributed by atoms with Crippen molar-refractivity contribution in [2.24, 2.45) is 0 Å². The lowest BCUT2D eigenvalue weighted by Crippen LogP contribution is -2.28. The van der Waals surface area contributed by atoms with Crippen LogP contribution in [0.1, 0.15) is 5.56 Å². The maximum absolute atomic E-state index is 13.5. The van der Waals surface area contributed by atoms with Crippen molar-refractivity contribution in [1.82, 2.24) is 0 Å². The molecule has 4 rings (SSSR count). The first-order valence-electron chi connectivity index (χ1n) is 9.59. The third-order valence-corrected chi connectivity index (χ3v) is 6.33. The standard InChI is InChI=1S/C22H20N2O6S/c25-24(26)22-20(12-7-13-21(22)30-15-19-14-29-19)23(18-10-5-2-6-11-18)31(27,28)16-17-8-3-1-4-9-17/h1-13,19H,14-16H2. The summed E-state index contributed by atoms with van der Waals surface area (Å²) in [5.74, 6) is -0.324. The van der Waals surface area contributed by atoms with Crippen molar-refractivity contribution in [1.29, 1.82) is 0 Å². The highest BCUT2D eigenvalue weighted by molar-refractivity contribution is 7.92. The summed E-state index contributed by atoms with van der Waals surface area (Å²) >= 11 is 0. The molecule has 1 heterocycles. The van der Waals surface area contributed by atoms with Gasteiger partial charge in [0.25, 0.3) is 0 Å². The van der Waals surface area contributed by atoms with Crippen molar-refractivity contribution in [3.63, 3.8) is 0 Å². The number of rotatable bonds is 9. The number of benzene rings is 3. The fourth-order valence-corrected chi connectivity index (χ4v) is 4.82. The SMILES string of the molecule is O=[N+]([O-])c1c(OCC2CO2)cccc1N(c1ccccc1)S(=O)(=O)Cc1ccccc1. The molecule has 0 bridgehead atoms. The van der Waals surface area contributed by atoms with E-state index in [-0.39, 0.29) is 29.9 Å². The lowest BCUT2D eigenvalue weighted by Gasteiger charge is -2.25. The number of hydrogen-bond acceptors (Lipinski definition) is 6. The molecular formula is C22H20N2O6S. The van der Waals surface area contributed by atoms with Crippen LogP contribution in [0.3, 0.4) is 0 Å². The Labute approximate surface area is 179 Å². The molecule has 1 atom stereocenters. The van der Waals surface area contributed by atoms with Crippen LogP contribution in [0.15, 0.2) is 78.9 Å². The second kappa shape index (κ2) is 8.75. The van der Waals surface area contributed by atoms with Gasteiger partial charge >= 0.3 is 5.69 Å². The maximum atomic E-state index is 13.5. The summed E-state index contributed by atoms with van der Waals surface area (Å²) < 4.78 is 38.7. The van der Waals surface area contributed by atoms with Crippen LogP contribution in [0.4, 0.5) is 17.1 Å². The smallest absolute Gasteiger partial charge is 0.335 e. The molecule has 0 aromatic heterocycles. The predicted octanol–water partition coefficient (Wildman–Crippen LogP) is 4.04. The molecule has 0 radical (unpaired) electrons. The fourth-order valence-electron chi connectivity index (χ4n) is 3.18. The topological polar surface area (TPSA) is 102 Å². The number of nitrogens with zero attached hydrogens (tertiary/aromatic N) is 2. The van der Waals surface area contributed by atoms with Crippen molar-refractivity contribution in [3.8, 4) is 5.75 Å². The molecule has 1 fully saturated rings. The van der Waals surface area contributed by atoms with E-state index in [4.69, 9.17) is 9.47 Å². The molecule has 9 heteroatoms. The Balaban J connectivity index is 1.82. The molecule has 1 aliphatic rings.